The fourth-order valence-electron chi connectivity index (χ4n) is 1.38. The Labute approximate surface area is 109 Å². The van der Waals surface area contributed by atoms with Gasteiger partial charge in [-0.2, -0.15) is 0 Å². The van der Waals surface area contributed by atoms with Crippen molar-refractivity contribution in [1.82, 2.24) is 4.90 Å². The summed E-state index contributed by atoms with van der Waals surface area (Å²) in [6, 6.07) is 5.15. The number of anilines is 1. The maximum Gasteiger partial charge on any atom is 0.253 e. The second kappa shape index (κ2) is 5.76. The smallest absolute Gasteiger partial charge is 0.253 e. The Morgan fingerprint density at radius 1 is 1.28 bits per heavy atom. The quantitative estimate of drug-likeness (QED) is 0.835. The third-order valence-corrected chi connectivity index (χ3v) is 2.91. The third-order valence-electron chi connectivity index (χ3n) is 2.91. The number of amides is 1. The van der Waals surface area contributed by atoms with Crippen molar-refractivity contribution in [3.63, 3.8) is 0 Å². The van der Waals surface area contributed by atoms with Gasteiger partial charge >= 0.3 is 0 Å². The van der Waals surface area contributed by atoms with Crippen LogP contribution in [0.1, 0.15) is 31.1 Å². The Balaban J connectivity index is 2.90. The molecule has 0 fully saturated rings. The first-order chi connectivity index (χ1) is 8.32. The lowest BCUT2D eigenvalue weighted by atomic mass is 10.1. The molecular formula is C14H22N2O2. The molecule has 0 aliphatic carbocycles. The van der Waals surface area contributed by atoms with E-state index in [0.717, 1.165) is 0 Å². The van der Waals surface area contributed by atoms with Crippen LogP contribution in [0.5, 0.6) is 5.75 Å². The van der Waals surface area contributed by atoms with E-state index in [4.69, 9.17) is 10.5 Å². The number of hydrogen-bond donors (Lipinski definition) is 1. The van der Waals surface area contributed by atoms with Crippen LogP contribution >= 0.6 is 0 Å². The van der Waals surface area contributed by atoms with E-state index in [0.29, 0.717) is 22.9 Å². The van der Waals surface area contributed by atoms with Crippen LogP contribution in [0.25, 0.3) is 0 Å². The number of carbonyl (C=O) groups excluding carboxylic acids is 1. The van der Waals surface area contributed by atoms with Crippen molar-refractivity contribution in [2.75, 3.05) is 19.8 Å². The molecule has 1 aromatic rings. The predicted molar refractivity (Wildman–Crippen MR) is 73.8 cm³/mol. The van der Waals surface area contributed by atoms with E-state index in [1.54, 1.807) is 32.3 Å². The van der Waals surface area contributed by atoms with Crippen LogP contribution in [0.3, 0.4) is 0 Å². The molecule has 1 atom stereocenters. The summed E-state index contributed by atoms with van der Waals surface area (Å²) in [7, 11) is 3.42. The Hall–Kier alpha value is -1.71. The fourth-order valence-corrected chi connectivity index (χ4v) is 1.38. The standard InChI is InChI=1S/C14H22N2O2/c1-9(2)10(3)18-13-7-6-11(8-12(13)15)14(17)16(4)5/h6-10H,15H2,1-5H3. The Morgan fingerprint density at radius 2 is 1.89 bits per heavy atom. The van der Waals surface area contributed by atoms with Gasteiger partial charge in [-0.15, -0.1) is 0 Å². The SMILES string of the molecule is CC(C)C(C)Oc1ccc(C(=O)N(C)C)cc1N. The van der Waals surface area contributed by atoms with Crippen LogP contribution in [-0.4, -0.2) is 31.0 Å². The third kappa shape index (κ3) is 3.39. The van der Waals surface area contributed by atoms with Gasteiger partial charge in [0.2, 0.25) is 0 Å². The number of nitrogens with zero attached hydrogens (tertiary/aromatic N) is 1. The zero-order valence-electron chi connectivity index (χ0n) is 11.7. The highest BCUT2D eigenvalue weighted by atomic mass is 16.5. The number of nitrogens with two attached hydrogens (primary N) is 1. The second-order valence-electron chi connectivity index (χ2n) is 5.02. The molecule has 0 saturated carbocycles. The molecule has 0 bridgehead atoms. The second-order valence-corrected chi connectivity index (χ2v) is 5.02. The van der Waals surface area contributed by atoms with E-state index in [-0.39, 0.29) is 12.0 Å². The number of nitrogen functional groups attached to an aromatic ring is 1. The molecular weight excluding hydrogens is 228 g/mol. The lowest BCUT2D eigenvalue weighted by molar-refractivity contribution is 0.0827. The predicted octanol–water partition coefficient (Wildman–Crippen LogP) is 2.39. The Bertz CT molecular complexity index is 428. The molecule has 2 N–H and O–H groups in total. The van der Waals surface area contributed by atoms with Gasteiger partial charge in [0, 0.05) is 19.7 Å². The molecule has 4 heteroatoms. The Morgan fingerprint density at radius 3 is 2.33 bits per heavy atom. The van der Waals surface area contributed by atoms with Gasteiger partial charge in [0.25, 0.3) is 5.91 Å². The largest absolute Gasteiger partial charge is 0.488 e. The summed E-state index contributed by atoms with van der Waals surface area (Å²) >= 11 is 0. The first-order valence-electron chi connectivity index (χ1n) is 6.10. The van der Waals surface area contributed by atoms with Gasteiger partial charge in [0.05, 0.1) is 11.8 Å². The van der Waals surface area contributed by atoms with E-state index in [9.17, 15) is 4.79 Å². The van der Waals surface area contributed by atoms with Crippen LogP contribution < -0.4 is 10.5 Å². The summed E-state index contributed by atoms with van der Waals surface area (Å²) in [6.45, 7) is 6.18. The van der Waals surface area contributed by atoms with Crippen LogP contribution in [-0.2, 0) is 0 Å². The highest BCUT2D eigenvalue weighted by Gasteiger charge is 2.13. The van der Waals surface area contributed by atoms with Crippen molar-refractivity contribution >= 4 is 11.6 Å². The summed E-state index contributed by atoms with van der Waals surface area (Å²) in [5.41, 5.74) is 6.98. The summed E-state index contributed by atoms with van der Waals surface area (Å²) in [5.74, 6) is 0.976. The zero-order valence-corrected chi connectivity index (χ0v) is 11.7. The molecule has 1 rings (SSSR count). The average molecular weight is 250 g/mol. The number of carbonyl (C=O) groups is 1. The maximum atomic E-state index is 11.8. The van der Waals surface area contributed by atoms with Crippen LogP contribution in [0.15, 0.2) is 18.2 Å². The minimum absolute atomic E-state index is 0.0647. The first-order valence-corrected chi connectivity index (χ1v) is 6.10. The highest BCUT2D eigenvalue weighted by Crippen LogP contribution is 2.25. The number of rotatable bonds is 4. The normalized spacial score (nSPS) is 12.3. The van der Waals surface area contributed by atoms with Gasteiger partial charge in [-0.25, -0.2) is 0 Å². The van der Waals surface area contributed by atoms with Crippen LogP contribution in [0, 0.1) is 5.92 Å². The fraction of sp³-hybridized carbons (Fsp3) is 0.500. The Kier molecular flexibility index (Phi) is 4.59. The molecule has 0 heterocycles. The summed E-state index contributed by atoms with van der Waals surface area (Å²) in [5, 5.41) is 0. The summed E-state index contributed by atoms with van der Waals surface area (Å²) in [4.78, 5) is 13.3. The highest BCUT2D eigenvalue weighted by molar-refractivity contribution is 5.95. The van der Waals surface area contributed by atoms with Crippen molar-refractivity contribution in [2.24, 2.45) is 5.92 Å². The van der Waals surface area contributed by atoms with Gasteiger partial charge in [0.15, 0.2) is 0 Å². The number of ether oxygens (including phenoxy) is 1. The van der Waals surface area contributed by atoms with Crippen LogP contribution in [0.4, 0.5) is 5.69 Å². The van der Waals surface area contributed by atoms with E-state index in [1.165, 1.54) is 4.90 Å². The molecule has 0 aliphatic heterocycles. The molecule has 4 nitrogen and oxygen atoms in total. The topological polar surface area (TPSA) is 55.6 Å². The maximum absolute atomic E-state index is 11.8. The van der Waals surface area contributed by atoms with Gasteiger partial charge < -0.3 is 15.4 Å². The molecule has 0 aliphatic rings. The first kappa shape index (κ1) is 14.4. The van der Waals surface area contributed by atoms with Gasteiger partial charge in [-0.3, -0.25) is 4.79 Å². The molecule has 0 spiro atoms. The van der Waals surface area contributed by atoms with Gasteiger partial charge in [0.1, 0.15) is 5.75 Å². The summed E-state index contributed by atoms with van der Waals surface area (Å²) < 4.78 is 5.75. The lowest BCUT2D eigenvalue weighted by Crippen LogP contribution is -2.22. The molecule has 0 saturated heterocycles. The minimum Gasteiger partial charge on any atom is -0.488 e. The minimum atomic E-state index is -0.0647. The monoisotopic (exact) mass is 250 g/mol. The van der Waals surface area contributed by atoms with E-state index in [2.05, 4.69) is 13.8 Å². The lowest BCUT2D eigenvalue weighted by Gasteiger charge is -2.20. The van der Waals surface area contributed by atoms with Gasteiger partial charge in [-0.05, 0) is 31.0 Å². The molecule has 0 aromatic heterocycles. The van der Waals surface area contributed by atoms with Crippen molar-refractivity contribution < 1.29 is 9.53 Å². The van der Waals surface area contributed by atoms with E-state index in [1.807, 2.05) is 6.92 Å². The van der Waals surface area contributed by atoms with Crippen molar-refractivity contribution in [3.05, 3.63) is 23.8 Å². The van der Waals surface area contributed by atoms with Gasteiger partial charge in [-0.1, -0.05) is 13.8 Å². The summed E-state index contributed by atoms with van der Waals surface area (Å²) in [6.07, 6.45) is 0.0858. The van der Waals surface area contributed by atoms with E-state index >= 15 is 0 Å². The molecule has 0 radical (unpaired) electrons. The zero-order chi connectivity index (χ0) is 13.9. The van der Waals surface area contributed by atoms with Crippen LogP contribution in [0.2, 0.25) is 0 Å². The molecule has 18 heavy (non-hydrogen) atoms. The molecule has 1 unspecified atom stereocenters. The average Bonchev–Trinajstić information content (AvgIpc) is 2.30. The van der Waals surface area contributed by atoms with Crippen molar-refractivity contribution in [3.8, 4) is 5.75 Å². The van der Waals surface area contributed by atoms with Crippen molar-refractivity contribution in [2.45, 2.75) is 26.9 Å². The number of hydrogen-bond acceptors (Lipinski definition) is 3. The van der Waals surface area contributed by atoms with Crippen molar-refractivity contribution in [1.29, 1.82) is 0 Å². The molecule has 1 aromatic carbocycles. The molecule has 100 valence electrons. The molecule has 1 amide bonds. The van der Waals surface area contributed by atoms with E-state index < -0.39 is 0 Å². The number of benzene rings is 1.